The van der Waals surface area contributed by atoms with Crippen LogP contribution in [0.15, 0.2) is 24.3 Å². The number of nitrogen functional groups attached to an aromatic ring is 1. The van der Waals surface area contributed by atoms with Gasteiger partial charge in [-0.2, -0.15) is 0 Å². The topological polar surface area (TPSA) is 75.3 Å². The molecule has 2 saturated carbocycles. The Morgan fingerprint density at radius 1 is 1.29 bits per heavy atom. The maximum absolute atomic E-state index is 12.0. The van der Waals surface area contributed by atoms with E-state index in [0.717, 1.165) is 17.4 Å². The summed E-state index contributed by atoms with van der Waals surface area (Å²) in [5.74, 6) is 2.27. The normalized spacial score (nSPS) is 28.5. The van der Waals surface area contributed by atoms with Gasteiger partial charge in [0.1, 0.15) is 0 Å². The molecular weight excluding hydrogens is 264 g/mol. The molecule has 2 fully saturated rings. The molecule has 0 saturated heterocycles. The zero-order valence-corrected chi connectivity index (χ0v) is 12.3. The molecule has 2 bridgehead atoms. The highest BCUT2D eigenvalue weighted by molar-refractivity contribution is 5.76. The molecule has 1 aromatic rings. The summed E-state index contributed by atoms with van der Waals surface area (Å²) >= 11 is 0. The molecule has 1 aromatic carbocycles. The van der Waals surface area contributed by atoms with Gasteiger partial charge in [-0.3, -0.25) is 4.79 Å². The van der Waals surface area contributed by atoms with Crippen molar-refractivity contribution >= 4 is 11.6 Å². The molecule has 21 heavy (non-hydrogen) atoms. The van der Waals surface area contributed by atoms with Gasteiger partial charge in [-0.1, -0.05) is 18.6 Å². The highest BCUT2D eigenvalue weighted by Crippen LogP contribution is 2.49. The quantitative estimate of drug-likeness (QED) is 0.727. The molecule has 4 nitrogen and oxygen atoms in total. The molecule has 114 valence electrons. The van der Waals surface area contributed by atoms with Gasteiger partial charge in [0.25, 0.3) is 0 Å². The number of rotatable bonds is 5. The number of carbonyl (C=O) groups excluding carboxylic acids is 1. The molecule has 1 amide bonds. The van der Waals surface area contributed by atoms with Gasteiger partial charge in [-0.05, 0) is 54.7 Å². The van der Waals surface area contributed by atoms with Gasteiger partial charge in [-0.15, -0.1) is 0 Å². The maximum atomic E-state index is 12.0. The van der Waals surface area contributed by atoms with Gasteiger partial charge < -0.3 is 16.2 Å². The standard InChI is InChI=1S/C17H24N2O2/c18-15-5-3-12(4-6-15)16(20)10-19-17(21)9-14-8-11-1-2-13(14)7-11/h3-6,11,13-14,16,20H,1-2,7-10,18H2,(H,19,21). The van der Waals surface area contributed by atoms with E-state index in [9.17, 15) is 9.90 Å². The van der Waals surface area contributed by atoms with Crippen molar-refractivity contribution in [3.63, 3.8) is 0 Å². The van der Waals surface area contributed by atoms with E-state index in [1.54, 1.807) is 24.3 Å². The van der Waals surface area contributed by atoms with Crippen LogP contribution in [0.1, 0.15) is 43.8 Å². The highest BCUT2D eigenvalue weighted by atomic mass is 16.3. The second kappa shape index (κ2) is 6.06. The summed E-state index contributed by atoms with van der Waals surface area (Å²) in [6.45, 7) is 0.267. The fourth-order valence-corrected chi connectivity index (χ4v) is 3.98. The Morgan fingerprint density at radius 2 is 2.05 bits per heavy atom. The van der Waals surface area contributed by atoms with E-state index in [2.05, 4.69) is 5.32 Å². The summed E-state index contributed by atoms with van der Waals surface area (Å²) in [7, 11) is 0. The molecule has 2 aliphatic rings. The Morgan fingerprint density at radius 3 is 2.67 bits per heavy atom. The Labute approximate surface area is 125 Å². The summed E-state index contributed by atoms with van der Waals surface area (Å²) in [6.07, 6.45) is 5.16. The minimum atomic E-state index is -0.672. The van der Waals surface area contributed by atoms with E-state index < -0.39 is 6.10 Å². The fraction of sp³-hybridized carbons (Fsp3) is 0.588. The Hall–Kier alpha value is -1.55. The average molecular weight is 288 g/mol. The SMILES string of the molecule is Nc1ccc(C(O)CNC(=O)CC2CC3CCC2C3)cc1. The predicted molar refractivity (Wildman–Crippen MR) is 82.4 cm³/mol. The highest BCUT2D eigenvalue weighted by Gasteiger charge is 2.40. The zero-order chi connectivity index (χ0) is 14.8. The van der Waals surface area contributed by atoms with E-state index >= 15 is 0 Å². The largest absolute Gasteiger partial charge is 0.399 e. The van der Waals surface area contributed by atoms with Crippen molar-refractivity contribution in [2.24, 2.45) is 17.8 Å². The molecule has 0 spiro atoms. The number of amides is 1. The fourth-order valence-electron chi connectivity index (χ4n) is 3.98. The van der Waals surface area contributed by atoms with E-state index in [0.29, 0.717) is 18.0 Å². The van der Waals surface area contributed by atoms with Crippen LogP contribution >= 0.6 is 0 Å². The molecule has 0 aliphatic heterocycles. The van der Waals surface area contributed by atoms with Crippen LogP contribution in [0.4, 0.5) is 5.69 Å². The van der Waals surface area contributed by atoms with Gasteiger partial charge in [0, 0.05) is 18.7 Å². The number of hydrogen-bond donors (Lipinski definition) is 3. The van der Waals surface area contributed by atoms with Crippen molar-refractivity contribution < 1.29 is 9.90 Å². The summed E-state index contributed by atoms with van der Waals surface area (Å²) in [6, 6.07) is 7.11. The van der Waals surface area contributed by atoms with Gasteiger partial charge in [0.15, 0.2) is 0 Å². The van der Waals surface area contributed by atoms with E-state index in [1.807, 2.05) is 0 Å². The maximum Gasteiger partial charge on any atom is 0.220 e. The van der Waals surface area contributed by atoms with Gasteiger partial charge in [0.2, 0.25) is 5.91 Å². The third-order valence-electron chi connectivity index (χ3n) is 5.15. The van der Waals surface area contributed by atoms with Crippen LogP contribution in [0, 0.1) is 17.8 Å². The Bertz CT molecular complexity index is 500. The van der Waals surface area contributed by atoms with Crippen LogP contribution in [0.3, 0.4) is 0 Å². The van der Waals surface area contributed by atoms with E-state index in [-0.39, 0.29) is 12.5 Å². The summed E-state index contributed by atoms with van der Waals surface area (Å²) in [5, 5.41) is 12.9. The van der Waals surface area contributed by atoms with Crippen LogP contribution in [-0.2, 0) is 4.79 Å². The first-order valence-electron chi connectivity index (χ1n) is 7.92. The number of aliphatic hydroxyl groups excluding tert-OH is 1. The van der Waals surface area contributed by atoms with Crippen LogP contribution in [-0.4, -0.2) is 17.6 Å². The minimum absolute atomic E-state index is 0.0713. The van der Waals surface area contributed by atoms with Crippen molar-refractivity contribution in [2.75, 3.05) is 12.3 Å². The molecule has 0 radical (unpaired) electrons. The average Bonchev–Trinajstić information content (AvgIpc) is 3.08. The monoisotopic (exact) mass is 288 g/mol. The lowest BCUT2D eigenvalue weighted by atomic mass is 9.86. The Balaban J connectivity index is 1.44. The summed E-state index contributed by atoms with van der Waals surface area (Å²) in [4.78, 5) is 12.0. The number of benzene rings is 1. The molecule has 3 rings (SSSR count). The summed E-state index contributed by atoms with van der Waals surface area (Å²) in [5.41, 5.74) is 7.07. The number of nitrogens with two attached hydrogens (primary N) is 1. The lowest BCUT2D eigenvalue weighted by molar-refractivity contribution is -0.122. The van der Waals surface area contributed by atoms with Crippen LogP contribution < -0.4 is 11.1 Å². The molecule has 4 unspecified atom stereocenters. The molecule has 4 heteroatoms. The van der Waals surface area contributed by atoms with Crippen molar-refractivity contribution in [2.45, 2.75) is 38.2 Å². The van der Waals surface area contributed by atoms with Crippen LogP contribution in [0.5, 0.6) is 0 Å². The second-order valence-electron chi connectivity index (χ2n) is 6.63. The first kappa shape index (κ1) is 14.4. The lowest BCUT2D eigenvalue weighted by Crippen LogP contribution is -2.30. The van der Waals surface area contributed by atoms with Crippen LogP contribution in [0.25, 0.3) is 0 Å². The van der Waals surface area contributed by atoms with E-state index in [1.165, 1.54) is 25.7 Å². The van der Waals surface area contributed by atoms with Crippen molar-refractivity contribution in [3.05, 3.63) is 29.8 Å². The smallest absolute Gasteiger partial charge is 0.220 e. The second-order valence-corrected chi connectivity index (χ2v) is 6.63. The lowest BCUT2D eigenvalue weighted by Gasteiger charge is -2.21. The van der Waals surface area contributed by atoms with Crippen LogP contribution in [0.2, 0.25) is 0 Å². The first-order chi connectivity index (χ1) is 10.1. The van der Waals surface area contributed by atoms with Crippen molar-refractivity contribution in [3.8, 4) is 0 Å². The first-order valence-corrected chi connectivity index (χ1v) is 7.92. The molecule has 4 N–H and O–H groups in total. The summed E-state index contributed by atoms with van der Waals surface area (Å²) < 4.78 is 0. The predicted octanol–water partition coefficient (Wildman–Crippen LogP) is 2.24. The third kappa shape index (κ3) is 3.38. The number of carbonyl (C=O) groups is 1. The number of nitrogens with one attached hydrogen (secondary N) is 1. The van der Waals surface area contributed by atoms with E-state index in [4.69, 9.17) is 5.73 Å². The number of aliphatic hydroxyl groups is 1. The zero-order valence-electron chi connectivity index (χ0n) is 12.3. The number of fused-ring (bicyclic) bond motifs is 2. The molecule has 0 aromatic heterocycles. The third-order valence-corrected chi connectivity index (χ3v) is 5.15. The van der Waals surface area contributed by atoms with Gasteiger partial charge in [-0.25, -0.2) is 0 Å². The van der Waals surface area contributed by atoms with Crippen molar-refractivity contribution in [1.82, 2.24) is 5.32 Å². The number of anilines is 1. The molecular formula is C17H24N2O2. The molecule has 2 aliphatic carbocycles. The molecule has 0 heterocycles. The van der Waals surface area contributed by atoms with Crippen molar-refractivity contribution in [1.29, 1.82) is 0 Å². The molecule has 4 atom stereocenters. The Kier molecular flexibility index (Phi) is 4.15. The number of hydrogen-bond acceptors (Lipinski definition) is 3. The minimum Gasteiger partial charge on any atom is -0.399 e. The van der Waals surface area contributed by atoms with Gasteiger partial charge in [0.05, 0.1) is 6.10 Å². The van der Waals surface area contributed by atoms with Gasteiger partial charge >= 0.3 is 0 Å².